The van der Waals surface area contributed by atoms with Gasteiger partial charge >= 0.3 is 6.03 Å². The summed E-state index contributed by atoms with van der Waals surface area (Å²) in [6, 6.07) is 12.3. The first kappa shape index (κ1) is 25.6. The number of amides is 2. The average molecular weight is 500 g/mol. The van der Waals surface area contributed by atoms with Gasteiger partial charge in [-0.25, -0.2) is 18.3 Å². The van der Waals surface area contributed by atoms with Crippen molar-refractivity contribution in [3.63, 3.8) is 0 Å². The molecule has 0 bridgehead atoms. The third-order valence-electron chi connectivity index (χ3n) is 6.20. The Morgan fingerprint density at radius 2 is 1.94 bits per heavy atom. The molecule has 1 aliphatic heterocycles. The maximum absolute atomic E-state index is 14.0. The van der Waals surface area contributed by atoms with Gasteiger partial charge in [0.25, 0.3) is 0 Å². The van der Waals surface area contributed by atoms with Crippen LogP contribution in [0, 0.1) is 18.6 Å². The average Bonchev–Trinajstić information content (AvgIpc) is 3.37. The molecule has 2 amide bonds. The summed E-state index contributed by atoms with van der Waals surface area (Å²) >= 11 is 0. The van der Waals surface area contributed by atoms with Gasteiger partial charge in [0.05, 0.1) is 30.0 Å². The van der Waals surface area contributed by atoms with E-state index in [1.165, 1.54) is 12.1 Å². The molecular formula is C26H31F2N5O3. The quantitative estimate of drug-likeness (QED) is 0.438. The second kappa shape index (κ2) is 11.0. The monoisotopic (exact) mass is 499 g/mol. The molecule has 192 valence electrons. The highest BCUT2D eigenvalue weighted by molar-refractivity contribution is 5.90. The summed E-state index contributed by atoms with van der Waals surface area (Å²) in [6.07, 6.45) is -0.567. The topological polar surface area (TPSA) is 91.6 Å². The molecule has 3 N–H and O–H groups in total. The van der Waals surface area contributed by atoms with Crippen LogP contribution in [0.4, 0.5) is 19.4 Å². The molecule has 2 heterocycles. The number of aliphatic hydroxyl groups is 1. The number of rotatable bonds is 8. The van der Waals surface area contributed by atoms with Crippen LogP contribution >= 0.6 is 0 Å². The Morgan fingerprint density at radius 3 is 2.61 bits per heavy atom. The molecule has 2 aromatic carbocycles. The van der Waals surface area contributed by atoms with Gasteiger partial charge in [-0.2, -0.15) is 0 Å². The number of likely N-dealkylation sites (tertiary alicyclic amines) is 1. The molecule has 1 fully saturated rings. The molecule has 4 rings (SSSR count). The molecule has 1 aliphatic rings. The fourth-order valence-corrected chi connectivity index (χ4v) is 4.60. The molecule has 1 aromatic heterocycles. The van der Waals surface area contributed by atoms with E-state index in [2.05, 4.69) is 15.7 Å². The Morgan fingerprint density at radius 1 is 1.19 bits per heavy atom. The molecule has 0 spiro atoms. The zero-order valence-corrected chi connectivity index (χ0v) is 20.5. The number of aromatic nitrogens is 2. The van der Waals surface area contributed by atoms with Crippen LogP contribution in [0.15, 0.2) is 48.5 Å². The first-order chi connectivity index (χ1) is 17.3. The Hall–Kier alpha value is -3.50. The van der Waals surface area contributed by atoms with Crippen LogP contribution in [-0.2, 0) is 0 Å². The van der Waals surface area contributed by atoms with Crippen molar-refractivity contribution in [3.8, 4) is 11.6 Å². The molecule has 0 radical (unpaired) electrons. The van der Waals surface area contributed by atoms with Crippen LogP contribution in [0.1, 0.15) is 30.9 Å². The van der Waals surface area contributed by atoms with Crippen molar-refractivity contribution < 1.29 is 23.4 Å². The van der Waals surface area contributed by atoms with Crippen LogP contribution in [-0.4, -0.2) is 64.2 Å². The fourth-order valence-electron chi connectivity index (χ4n) is 4.60. The van der Waals surface area contributed by atoms with Gasteiger partial charge in [0.2, 0.25) is 5.88 Å². The van der Waals surface area contributed by atoms with Gasteiger partial charge in [-0.15, -0.1) is 5.10 Å². The first-order valence-corrected chi connectivity index (χ1v) is 12.0. The molecule has 0 saturated carbocycles. The predicted molar refractivity (Wildman–Crippen MR) is 133 cm³/mol. The van der Waals surface area contributed by atoms with Gasteiger partial charge < -0.3 is 15.2 Å². The minimum atomic E-state index is -0.935. The highest BCUT2D eigenvalue weighted by Gasteiger charge is 2.36. The van der Waals surface area contributed by atoms with Crippen LogP contribution in [0.2, 0.25) is 0 Å². The van der Waals surface area contributed by atoms with Gasteiger partial charge in [-0.3, -0.25) is 10.2 Å². The number of aliphatic hydroxyl groups excluding tert-OH is 1. The van der Waals surface area contributed by atoms with E-state index >= 15 is 0 Å². The standard InChI is InChI=1S/C26H31F2N5O3/c1-4-36-25-17(3)24(33(31-25)19-8-6-5-7-9-19)30-26(35)29-23-15-32(13-16(2)34)14-20(23)18-10-11-21(27)22(28)12-18/h5-12,16,20,23,34H,4,13-15H2,1-3H3,(H2,29,30,35)/t16?,20-,23+/m0/s1. The summed E-state index contributed by atoms with van der Waals surface area (Å²) in [5, 5.41) is 20.3. The number of hydrogen-bond acceptors (Lipinski definition) is 5. The van der Waals surface area contributed by atoms with Crippen molar-refractivity contribution in [1.82, 2.24) is 20.0 Å². The second-order valence-corrected chi connectivity index (χ2v) is 9.01. The molecule has 3 atom stereocenters. The van der Waals surface area contributed by atoms with Crippen molar-refractivity contribution in [2.45, 2.75) is 38.8 Å². The van der Waals surface area contributed by atoms with Gasteiger partial charge in [-0.05, 0) is 50.6 Å². The Balaban J connectivity index is 1.57. The lowest BCUT2D eigenvalue weighted by molar-refractivity contribution is 0.139. The van der Waals surface area contributed by atoms with Crippen molar-refractivity contribution in [2.24, 2.45) is 0 Å². The molecule has 1 saturated heterocycles. The summed E-state index contributed by atoms with van der Waals surface area (Å²) in [5.41, 5.74) is 2.01. The number of halogens is 2. The first-order valence-electron chi connectivity index (χ1n) is 12.0. The van der Waals surface area contributed by atoms with E-state index in [1.54, 1.807) is 11.6 Å². The number of ether oxygens (including phenoxy) is 1. The van der Waals surface area contributed by atoms with Crippen LogP contribution in [0.25, 0.3) is 5.69 Å². The third-order valence-corrected chi connectivity index (χ3v) is 6.20. The number of anilines is 1. The van der Waals surface area contributed by atoms with E-state index in [-0.39, 0.29) is 5.92 Å². The minimum Gasteiger partial charge on any atom is -0.477 e. The van der Waals surface area contributed by atoms with E-state index in [1.807, 2.05) is 49.1 Å². The normalized spacial score (nSPS) is 18.7. The lowest BCUT2D eigenvalue weighted by Crippen LogP contribution is -2.43. The molecule has 8 nitrogen and oxygen atoms in total. The lowest BCUT2D eigenvalue weighted by Gasteiger charge is -2.21. The highest BCUT2D eigenvalue weighted by Crippen LogP contribution is 2.31. The molecular weight excluding hydrogens is 468 g/mol. The van der Waals surface area contributed by atoms with E-state index in [0.29, 0.717) is 49.1 Å². The van der Waals surface area contributed by atoms with Gasteiger partial charge in [0, 0.05) is 25.6 Å². The zero-order chi connectivity index (χ0) is 25.8. The van der Waals surface area contributed by atoms with E-state index in [4.69, 9.17) is 4.74 Å². The number of hydrogen-bond donors (Lipinski definition) is 3. The Labute approximate surface area is 208 Å². The molecule has 36 heavy (non-hydrogen) atoms. The third kappa shape index (κ3) is 5.66. The van der Waals surface area contributed by atoms with Crippen molar-refractivity contribution in [2.75, 3.05) is 31.6 Å². The second-order valence-electron chi connectivity index (χ2n) is 9.01. The zero-order valence-electron chi connectivity index (χ0n) is 20.5. The molecule has 10 heteroatoms. The van der Waals surface area contributed by atoms with Gasteiger partial charge in [0.1, 0.15) is 5.82 Å². The summed E-state index contributed by atoms with van der Waals surface area (Å²) in [4.78, 5) is 15.2. The Bertz CT molecular complexity index is 1200. The van der Waals surface area contributed by atoms with E-state index in [0.717, 1.165) is 11.8 Å². The fraction of sp³-hybridized carbons (Fsp3) is 0.385. The maximum Gasteiger partial charge on any atom is 0.320 e. The maximum atomic E-state index is 14.0. The van der Waals surface area contributed by atoms with Gasteiger partial charge in [0.15, 0.2) is 11.6 Å². The van der Waals surface area contributed by atoms with Gasteiger partial charge in [-0.1, -0.05) is 24.3 Å². The summed E-state index contributed by atoms with van der Waals surface area (Å²) in [7, 11) is 0. The number of carbonyl (C=O) groups is 1. The van der Waals surface area contributed by atoms with E-state index in [9.17, 15) is 18.7 Å². The summed E-state index contributed by atoms with van der Waals surface area (Å²) in [5.74, 6) is -1.26. The molecule has 1 unspecified atom stereocenters. The largest absolute Gasteiger partial charge is 0.477 e. The minimum absolute atomic E-state index is 0.288. The molecule has 3 aromatic rings. The number of para-hydroxylation sites is 1. The highest BCUT2D eigenvalue weighted by atomic mass is 19.2. The van der Waals surface area contributed by atoms with Crippen LogP contribution < -0.4 is 15.4 Å². The van der Waals surface area contributed by atoms with E-state index < -0.39 is 29.8 Å². The van der Waals surface area contributed by atoms with Crippen molar-refractivity contribution >= 4 is 11.8 Å². The number of β-amino-alcohol motifs (C(OH)–C–C–N with tert-alkyl or cyclic N) is 1. The number of carbonyl (C=O) groups excluding carboxylic acids is 1. The number of nitrogens with zero attached hydrogens (tertiary/aromatic N) is 3. The smallest absolute Gasteiger partial charge is 0.320 e. The SMILES string of the molecule is CCOc1nn(-c2ccccc2)c(NC(=O)N[C@@H]2CN(CC(C)O)C[C@H]2c2ccc(F)c(F)c2)c1C. The summed E-state index contributed by atoms with van der Waals surface area (Å²) in [6.45, 7) is 7.12. The predicted octanol–water partition coefficient (Wildman–Crippen LogP) is 3.83. The van der Waals surface area contributed by atoms with Crippen LogP contribution in [0.3, 0.4) is 0 Å². The Kier molecular flexibility index (Phi) is 7.85. The number of benzene rings is 2. The van der Waals surface area contributed by atoms with Crippen molar-refractivity contribution in [1.29, 1.82) is 0 Å². The molecule has 0 aliphatic carbocycles. The van der Waals surface area contributed by atoms with Crippen molar-refractivity contribution in [3.05, 3.63) is 71.3 Å². The number of nitrogens with one attached hydrogen (secondary N) is 2. The number of urea groups is 1. The van der Waals surface area contributed by atoms with Crippen LogP contribution in [0.5, 0.6) is 5.88 Å². The summed E-state index contributed by atoms with van der Waals surface area (Å²) < 4.78 is 34.8. The lowest BCUT2D eigenvalue weighted by atomic mass is 9.94.